The molecule has 1 aliphatic heterocycles. The second-order valence-corrected chi connectivity index (χ2v) is 15.3. The van der Waals surface area contributed by atoms with Crippen LogP contribution in [0.5, 0.6) is 0 Å². The Bertz CT molecular complexity index is 1140. The Morgan fingerprint density at radius 3 is 2.35 bits per heavy atom. The van der Waals surface area contributed by atoms with Crippen LogP contribution in [-0.2, 0) is 9.59 Å². The minimum absolute atomic E-state index is 0.0433. The van der Waals surface area contributed by atoms with Gasteiger partial charge in [0.05, 0.1) is 24.4 Å². The molecule has 240 valence electrons. The van der Waals surface area contributed by atoms with Crippen LogP contribution in [0.2, 0.25) is 0 Å². The average Bonchev–Trinajstić information content (AvgIpc) is 3.60. The van der Waals surface area contributed by atoms with Gasteiger partial charge in [-0.2, -0.15) is 10.2 Å². The van der Waals surface area contributed by atoms with E-state index in [1.165, 1.54) is 0 Å². The summed E-state index contributed by atoms with van der Waals surface area (Å²) in [6.07, 6.45) is 6.67. The minimum atomic E-state index is -0.795. The molecule has 0 aromatic heterocycles. The van der Waals surface area contributed by atoms with Gasteiger partial charge in [-0.1, -0.05) is 25.9 Å². The predicted molar refractivity (Wildman–Crippen MR) is 160 cm³/mol. The van der Waals surface area contributed by atoms with Crippen LogP contribution in [0, 0.1) is 46.3 Å². The van der Waals surface area contributed by atoms with Gasteiger partial charge in [0.1, 0.15) is 0 Å². The summed E-state index contributed by atoms with van der Waals surface area (Å²) in [5, 5.41) is 47.7. The van der Waals surface area contributed by atoms with Crippen molar-refractivity contribution in [3.63, 3.8) is 0 Å². The largest absolute Gasteiger partial charge is 0.393 e. The molecule has 11 nitrogen and oxygen atoms in total. The SMILES string of the molecule is CC(CCC(=O)NC(CCC1(C)N=N1)C(=O)CCN=[N+]=[N-])C1CCC2C3C(O)C(O)C4CC(O)CCC4(C)C3CCC12C. The Morgan fingerprint density at radius 2 is 1.65 bits per heavy atom. The monoisotopic (exact) mass is 600 g/mol. The van der Waals surface area contributed by atoms with Crippen LogP contribution in [0.25, 0.3) is 10.4 Å². The number of nitrogens with one attached hydrogen (secondary N) is 1. The van der Waals surface area contributed by atoms with E-state index in [1.807, 2.05) is 6.92 Å². The fourth-order valence-electron chi connectivity index (χ4n) is 10.3. The number of aliphatic hydroxyl groups is 3. The molecule has 4 fully saturated rings. The summed E-state index contributed by atoms with van der Waals surface area (Å²) < 4.78 is 0. The third kappa shape index (κ3) is 6.24. The number of nitrogens with zero attached hydrogens (tertiary/aromatic N) is 5. The number of carbonyl (C=O) groups is 2. The normalized spacial score (nSPS) is 42.0. The van der Waals surface area contributed by atoms with Crippen molar-refractivity contribution in [1.29, 1.82) is 0 Å². The van der Waals surface area contributed by atoms with Gasteiger partial charge in [0.2, 0.25) is 5.91 Å². The van der Waals surface area contributed by atoms with E-state index in [4.69, 9.17) is 5.53 Å². The van der Waals surface area contributed by atoms with Crippen molar-refractivity contribution >= 4 is 11.7 Å². The van der Waals surface area contributed by atoms with Crippen molar-refractivity contribution in [2.24, 2.45) is 61.7 Å². The number of amides is 1. The smallest absolute Gasteiger partial charge is 0.220 e. The number of aliphatic hydroxyl groups excluding tert-OH is 3. The minimum Gasteiger partial charge on any atom is -0.393 e. The summed E-state index contributed by atoms with van der Waals surface area (Å²) in [5.41, 5.74) is 8.08. The van der Waals surface area contributed by atoms with E-state index in [-0.39, 0.29) is 47.3 Å². The van der Waals surface area contributed by atoms with Gasteiger partial charge in [0, 0.05) is 24.3 Å². The van der Waals surface area contributed by atoms with Gasteiger partial charge < -0.3 is 20.6 Å². The molecule has 12 atom stereocenters. The molecular weight excluding hydrogens is 548 g/mol. The molecule has 4 saturated carbocycles. The first kappa shape index (κ1) is 32.3. The molecule has 4 N–H and O–H groups in total. The van der Waals surface area contributed by atoms with E-state index in [1.54, 1.807) is 0 Å². The second-order valence-electron chi connectivity index (χ2n) is 15.3. The zero-order valence-corrected chi connectivity index (χ0v) is 26.4. The van der Waals surface area contributed by atoms with Crippen LogP contribution >= 0.6 is 0 Å². The highest BCUT2D eigenvalue weighted by atomic mass is 16.3. The summed E-state index contributed by atoms with van der Waals surface area (Å²) in [6, 6.07) is -0.645. The first-order chi connectivity index (χ1) is 20.3. The number of fused-ring (bicyclic) bond motifs is 5. The lowest BCUT2D eigenvalue weighted by molar-refractivity contribution is -0.223. The third-order valence-electron chi connectivity index (χ3n) is 12.9. The van der Waals surface area contributed by atoms with E-state index < -0.39 is 30.0 Å². The van der Waals surface area contributed by atoms with Gasteiger partial charge in [-0.05, 0) is 123 Å². The summed E-state index contributed by atoms with van der Waals surface area (Å²) in [4.78, 5) is 28.6. The molecule has 0 bridgehead atoms. The second kappa shape index (κ2) is 12.4. The van der Waals surface area contributed by atoms with Crippen LogP contribution in [0.3, 0.4) is 0 Å². The molecule has 1 amide bonds. The Hall–Kier alpha value is -2.07. The quantitative estimate of drug-likeness (QED) is 0.138. The molecule has 11 heteroatoms. The molecular formula is C32H52N6O5. The highest BCUT2D eigenvalue weighted by Crippen LogP contribution is 2.68. The molecule has 5 rings (SSSR count). The van der Waals surface area contributed by atoms with Gasteiger partial charge in [-0.25, -0.2) is 0 Å². The summed E-state index contributed by atoms with van der Waals surface area (Å²) in [5.74, 6) is 1.14. The number of hydrogen-bond acceptors (Lipinski definition) is 8. The maximum atomic E-state index is 13.1. The van der Waals surface area contributed by atoms with Crippen LogP contribution in [0.15, 0.2) is 15.3 Å². The summed E-state index contributed by atoms with van der Waals surface area (Å²) in [7, 11) is 0. The van der Waals surface area contributed by atoms with Crippen molar-refractivity contribution in [3.05, 3.63) is 10.4 Å². The number of hydrogen-bond donors (Lipinski definition) is 4. The van der Waals surface area contributed by atoms with E-state index in [9.17, 15) is 24.9 Å². The number of Topliss-reactive ketones (excluding diaryl/α,β-unsaturated/α-hetero) is 1. The summed E-state index contributed by atoms with van der Waals surface area (Å²) in [6.45, 7) is 8.89. The topological polar surface area (TPSA) is 180 Å². The van der Waals surface area contributed by atoms with Gasteiger partial charge in [-0.3, -0.25) is 9.59 Å². The third-order valence-corrected chi connectivity index (χ3v) is 12.9. The highest BCUT2D eigenvalue weighted by Gasteiger charge is 2.65. The highest BCUT2D eigenvalue weighted by molar-refractivity contribution is 5.89. The summed E-state index contributed by atoms with van der Waals surface area (Å²) >= 11 is 0. The van der Waals surface area contributed by atoms with Crippen molar-refractivity contribution in [2.45, 2.75) is 135 Å². The zero-order valence-electron chi connectivity index (χ0n) is 26.4. The van der Waals surface area contributed by atoms with Gasteiger partial charge in [0.15, 0.2) is 11.4 Å². The average molecular weight is 601 g/mol. The lowest BCUT2D eigenvalue weighted by atomic mass is 9.43. The van der Waals surface area contributed by atoms with Gasteiger partial charge in [-0.15, -0.1) is 0 Å². The van der Waals surface area contributed by atoms with Crippen molar-refractivity contribution in [1.82, 2.24) is 5.32 Å². The first-order valence-electron chi connectivity index (χ1n) is 16.6. The van der Waals surface area contributed by atoms with Crippen LogP contribution in [0.1, 0.15) is 105 Å². The fourth-order valence-corrected chi connectivity index (χ4v) is 10.3. The standard InChI is InChI=1S/C32H52N6O5/c1-18(5-8-26(41)35-24(11-15-32(4)36-37-32)25(40)12-16-34-38-33)20-6-7-21-27-22(10-14-30(20,21)2)31(3)13-9-19(39)17-23(31)28(42)29(27)43/h18-24,27-29,39,42-43H,5-17H2,1-4H3,(H,35,41). The van der Waals surface area contributed by atoms with Crippen LogP contribution < -0.4 is 5.32 Å². The number of azide groups is 1. The maximum Gasteiger partial charge on any atom is 0.220 e. The molecule has 1 heterocycles. The van der Waals surface area contributed by atoms with E-state index in [0.717, 1.165) is 44.9 Å². The number of rotatable bonds is 12. The predicted octanol–water partition coefficient (Wildman–Crippen LogP) is 5.08. The zero-order chi connectivity index (χ0) is 31.2. The Morgan fingerprint density at radius 1 is 0.953 bits per heavy atom. The molecule has 0 radical (unpaired) electrons. The van der Waals surface area contributed by atoms with E-state index in [2.05, 4.69) is 46.3 Å². The molecule has 43 heavy (non-hydrogen) atoms. The molecule has 5 aliphatic rings. The lowest BCUT2D eigenvalue weighted by Crippen LogP contribution is -2.64. The van der Waals surface area contributed by atoms with Gasteiger partial charge >= 0.3 is 0 Å². The van der Waals surface area contributed by atoms with E-state index in [0.29, 0.717) is 49.4 Å². The maximum absolute atomic E-state index is 13.1. The molecule has 0 aromatic carbocycles. The van der Waals surface area contributed by atoms with Crippen LogP contribution in [-0.4, -0.2) is 63.6 Å². The van der Waals surface area contributed by atoms with Crippen LogP contribution in [0.4, 0.5) is 0 Å². The first-order valence-corrected chi connectivity index (χ1v) is 16.6. The Balaban J connectivity index is 1.20. The van der Waals surface area contributed by atoms with Crippen molar-refractivity contribution in [2.75, 3.05) is 6.54 Å². The molecule has 4 aliphatic carbocycles. The van der Waals surface area contributed by atoms with Crippen molar-refractivity contribution < 1.29 is 24.9 Å². The molecule has 0 saturated heterocycles. The molecule has 0 aromatic rings. The van der Waals surface area contributed by atoms with Crippen molar-refractivity contribution in [3.8, 4) is 0 Å². The fraction of sp³-hybridized carbons (Fsp3) is 0.938. The number of carbonyl (C=O) groups excluding carboxylic acids is 2. The molecule has 12 unspecified atom stereocenters. The number of ketones is 1. The van der Waals surface area contributed by atoms with E-state index >= 15 is 0 Å². The lowest BCUT2D eigenvalue weighted by Gasteiger charge is -2.63. The van der Waals surface area contributed by atoms with Gasteiger partial charge in [0.25, 0.3) is 0 Å². The Labute approximate surface area is 255 Å². The molecule has 0 spiro atoms. The Kier molecular flexibility index (Phi) is 9.30.